The fourth-order valence-electron chi connectivity index (χ4n) is 5.66. The average molecular weight is 579 g/mol. The predicted molar refractivity (Wildman–Crippen MR) is 140 cm³/mol. The van der Waals surface area contributed by atoms with Crippen molar-refractivity contribution in [2.45, 2.75) is 51.6 Å². The number of alkyl halides is 2. The average Bonchev–Trinajstić information content (AvgIpc) is 2.94. The van der Waals surface area contributed by atoms with Crippen molar-refractivity contribution in [1.82, 2.24) is 0 Å². The van der Waals surface area contributed by atoms with E-state index in [1.807, 2.05) is 6.92 Å². The molecule has 0 bridgehead atoms. The van der Waals surface area contributed by atoms with Gasteiger partial charge in [-0.1, -0.05) is 44.0 Å². The van der Waals surface area contributed by atoms with Crippen molar-refractivity contribution in [2.75, 3.05) is 0 Å². The molecule has 1 saturated carbocycles. The zero-order valence-electron chi connectivity index (χ0n) is 22.0. The number of fused-ring (bicyclic) bond motifs is 1. The Kier molecular flexibility index (Phi) is 7.99. The maximum absolute atomic E-state index is 15.0. The van der Waals surface area contributed by atoms with E-state index < -0.39 is 58.1 Å². The van der Waals surface area contributed by atoms with Crippen molar-refractivity contribution in [3.63, 3.8) is 0 Å². The van der Waals surface area contributed by atoms with Gasteiger partial charge in [-0.25, -0.2) is 22.0 Å². The van der Waals surface area contributed by atoms with Crippen LogP contribution in [-0.2, 0) is 0 Å². The highest BCUT2D eigenvalue weighted by atomic mass is 19.3. The normalized spacial score (nSPS) is 17.7. The molecule has 0 aliphatic heterocycles. The molecular formula is C32H26F8O. The van der Waals surface area contributed by atoms with Crippen molar-refractivity contribution in [3.8, 4) is 28.0 Å². The highest BCUT2D eigenvalue weighted by Gasteiger charge is 2.44. The Labute approximate surface area is 231 Å². The van der Waals surface area contributed by atoms with E-state index in [1.54, 1.807) is 0 Å². The Balaban J connectivity index is 1.36. The van der Waals surface area contributed by atoms with Crippen LogP contribution in [0, 0.1) is 46.7 Å². The fraction of sp³-hybridized carbons (Fsp3) is 0.312. The first-order valence-electron chi connectivity index (χ1n) is 13.4. The van der Waals surface area contributed by atoms with E-state index in [2.05, 4.69) is 0 Å². The second-order valence-corrected chi connectivity index (χ2v) is 10.5. The van der Waals surface area contributed by atoms with Crippen LogP contribution in [0.3, 0.4) is 0 Å². The van der Waals surface area contributed by atoms with E-state index >= 15 is 4.39 Å². The summed E-state index contributed by atoms with van der Waals surface area (Å²) in [6.07, 6.45) is 0.0711. The topological polar surface area (TPSA) is 9.23 Å². The largest absolute Gasteiger partial charge is 0.429 e. The summed E-state index contributed by atoms with van der Waals surface area (Å²) in [7, 11) is 0. The van der Waals surface area contributed by atoms with Gasteiger partial charge in [-0.2, -0.15) is 13.2 Å². The molecule has 4 aromatic rings. The minimum absolute atomic E-state index is 0.193. The number of rotatable bonds is 7. The van der Waals surface area contributed by atoms with Gasteiger partial charge in [0.05, 0.1) is 11.3 Å². The van der Waals surface area contributed by atoms with Crippen molar-refractivity contribution in [1.29, 1.82) is 0 Å². The SMILES string of the molecule is CCCC1CCC(C(F)(F)Oc2ccc(-c3ccc(-c4cc(F)c5c(F)c(F)c(F)cc5c4)cc3)c(F)c2F)CC1. The quantitative estimate of drug-likeness (QED) is 0.157. The van der Waals surface area contributed by atoms with Crippen LogP contribution in [0.2, 0.25) is 0 Å². The molecule has 0 amide bonds. The molecule has 0 aromatic heterocycles. The minimum atomic E-state index is -3.65. The summed E-state index contributed by atoms with van der Waals surface area (Å²) in [5.41, 5.74) is 0.550. The second-order valence-electron chi connectivity index (χ2n) is 10.5. The Bertz CT molecular complexity index is 1570. The molecule has 5 rings (SSSR count). The number of benzene rings is 4. The lowest BCUT2D eigenvalue weighted by molar-refractivity contribution is -0.224. The zero-order valence-corrected chi connectivity index (χ0v) is 22.0. The summed E-state index contributed by atoms with van der Waals surface area (Å²) >= 11 is 0. The van der Waals surface area contributed by atoms with Gasteiger partial charge in [-0.15, -0.1) is 0 Å². The maximum Gasteiger partial charge on any atom is 0.400 e. The van der Waals surface area contributed by atoms with Gasteiger partial charge >= 0.3 is 6.11 Å². The maximum atomic E-state index is 15.0. The smallest absolute Gasteiger partial charge is 0.400 e. The van der Waals surface area contributed by atoms with Gasteiger partial charge < -0.3 is 4.74 Å². The van der Waals surface area contributed by atoms with Crippen LogP contribution in [0.15, 0.2) is 54.6 Å². The van der Waals surface area contributed by atoms with Crippen LogP contribution in [0.4, 0.5) is 35.1 Å². The molecule has 0 spiro atoms. The predicted octanol–water partition coefficient (Wildman–Crippen LogP) is 10.6. The van der Waals surface area contributed by atoms with Crippen LogP contribution in [0.5, 0.6) is 5.75 Å². The molecule has 1 fully saturated rings. The van der Waals surface area contributed by atoms with E-state index in [9.17, 15) is 30.7 Å². The standard InChI is InChI=1S/C32H26F8O/c1-2-3-17-4-10-22(11-5-17)32(39,40)41-26-13-12-23(28(35)30(26)37)19-8-6-18(7-9-19)20-14-21-16-25(34)29(36)31(38)27(21)24(33)15-20/h6-9,12-17,22H,2-5,10-11H2,1H3. The van der Waals surface area contributed by atoms with Crippen LogP contribution in [0.25, 0.3) is 33.0 Å². The number of halogens is 8. The summed E-state index contributed by atoms with van der Waals surface area (Å²) in [5.74, 6) is -10.5. The van der Waals surface area contributed by atoms with Gasteiger partial charge in [0, 0.05) is 5.56 Å². The second kappa shape index (κ2) is 11.3. The lowest BCUT2D eigenvalue weighted by Gasteiger charge is -2.33. The van der Waals surface area contributed by atoms with Crippen LogP contribution in [0.1, 0.15) is 45.4 Å². The van der Waals surface area contributed by atoms with Crippen molar-refractivity contribution < 1.29 is 39.9 Å². The summed E-state index contributed by atoms with van der Waals surface area (Å²) in [6, 6.07) is 10.6. The van der Waals surface area contributed by atoms with Gasteiger partial charge in [0.15, 0.2) is 29.0 Å². The van der Waals surface area contributed by atoms with Gasteiger partial charge in [-0.3, -0.25) is 0 Å². The number of hydrogen-bond donors (Lipinski definition) is 0. The molecule has 0 atom stereocenters. The van der Waals surface area contributed by atoms with Gasteiger partial charge in [0.1, 0.15) is 5.82 Å². The molecule has 41 heavy (non-hydrogen) atoms. The van der Waals surface area contributed by atoms with Crippen molar-refractivity contribution >= 4 is 10.8 Å². The number of ether oxygens (including phenoxy) is 1. The van der Waals surface area contributed by atoms with E-state index in [4.69, 9.17) is 4.74 Å². The zero-order chi connectivity index (χ0) is 29.5. The Morgan fingerprint density at radius 3 is 2.00 bits per heavy atom. The molecule has 9 heteroatoms. The van der Waals surface area contributed by atoms with Crippen LogP contribution >= 0.6 is 0 Å². The summed E-state index contributed by atoms with van der Waals surface area (Å²) < 4.78 is 120. The highest BCUT2D eigenvalue weighted by Crippen LogP contribution is 2.42. The summed E-state index contributed by atoms with van der Waals surface area (Å²) in [5, 5.41) is -0.895. The Hall–Kier alpha value is -3.62. The molecule has 4 aromatic carbocycles. The van der Waals surface area contributed by atoms with Gasteiger partial charge in [-0.05, 0) is 84.0 Å². The molecule has 0 N–H and O–H groups in total. The first kappa shape index (κ1) is 28.9. The highest BCUT2D eigenvalue weighted by molar-refractivity contribution is 5.89. The molecule has 0 saturated heterocycles. The molecule has 216 valence electrons. The van der Waals surface area contributed by atoms with E-state index in [0.29, 0.717) is 30.4 Å². The van der Waals surface area contributed by atoms with E-state index in [-0.39, 0.29) is 34.9 Å². The molecule has 0 unspecified atom stereocenters. The molecule has 1 aliphatic rings. The molecular weight excluding hydrogens is 552 g/mol. The summed E-state index contributed by atoms with van der Waals surface area (Å²) in [6.45, 7) is 2.04. The van der Waals surface area contributed by atoms with Gasteiger partial charge in [0.25, 0.3) is 0 Å². The molecule has 0 radical (unpaired) electrons. The van der Waals surface area contributed by atoms with Crippen molar-refractivity contribution in [2.24, 2.45) is 11.8 Å². The number of hydrogen-bond acceptors (Lipinski definition) is 1. The third-order valence-corrected chi connectivity index (χ3v) is 7.87. The monoisotopic (exact) mass is 578 g/mol. The lowest BCUT2D eigenvalue weighted by atomic mass is 9.79. The minimum Gasteiger partial charge on any atom is -0.429 e. The molecule has 0 heterocycles. The Morgan fingerprint density at radius 2 is 1.34 bits per heavy atom. The third-order valence-electron chi connectivity index (χ3n) is 7.87. The third kappa shape index (κ3) is 5.63. The molecule has 1 nitrogen and oxygen atoms in total. The van der Waals surface area contributed by atoms with E-state index in [1.165, 1.54) is 30.3 Å². The van der Waals surface area contributed by atoms with E-state index in [0.717, 1.165) is 31.0 Å². The fourth-order valence-corrected chi connectivity index (χ4v) is 5.66. The summed E-state index contributed by atoms with van der Waals surface area (Å²) in [4.78, 5) is 0. The Morgan fingerprint density at radius 1 is 0.683 bits per heavy atom. The van der Waals surface area contributed by atoms with Crippen LogP contribution in [-0.4, -0.2) is 6.11 Å². The first-order valence-corrected chi connectivity index (χ1v) is 13.4. The molecule has 1 aliphatic carbocycles. The van der Waals surface area contributed by atoms with Crippen molar-refractivity contribution in [3.05, 3.63) is 89.5 Å². The van der Waals surface area contributed by atoms with Crippen LogP contribution < -0.4 is 4.74 Å². The lowest BCUT2D eigenvalue weighted by Crippen LogP contribution is -2.37. The first-order chi connectivity index (χ1) is 19.5. The van der Waals surface area contributed by atoms with Gasteiger partial charge in [0.2, 0.25) is 5.82 Å².